The topological polar surface area (TPSA) is 71.4 Å². The Bertz CT molecular complexity index is 1350. The number of imide groups is 2. The molecule has 0 saturated carbocycles. The van der Waals surface area contributed by atoms with Crippen LogP contribution in [0.2, 0.25) is 0 Å². The third-order valence-electron chi connectivity index (χ3n) is 5.74. The van der Waals surface area contributed by atoms with E-state index in [2.05, 4.69) is 51.5 Å². The minimum absolute atomic E-state index is 0.0761. The molecule has 1 aromatic heterocycles. The van der Waals surface area contributed by atoms with E-state index in [1.165, 1.54) is 9.13 Å². The molecule has 0 atom stereocenters. The van der Waals surface area contributed by atoms with E-state index in [0.29, 0.717) is 5.69 Å². The van der Waals surface area contributed by atoms with Gasteiger partial charge in [0.2, 0.25) is 0 Å². The number of nitrogens with one attached hydrogen (secondary N) is 1. The van der Waals surface area contributed by atoms with E-state index in [9.17, 15) is 14.4 Å². The fourth-order valence-corrected chi connectivity index (χ4v) is 4.56. The molecule has 1 fully saturated rings. The Kier molecular flexibility index (Phi) is 6.00. The van der Waals surface area contributed by atoms with Gasteiger partial charge in [-0.1, -0.05) is 6.07 Å². The number of rotatable bonds is 3. The number of amides is 4. The molecule has 168 valence electrons. The molecule has 1 N–H and O–H groups in total. The summed E-state index contributed by atoms with van der Waals surface area (Å²) in [6.45, 7) is 9.78. The van der Waals surface area contributed by atoms with Crippen LogP contribution in [-0.2, 0) is 9.59 Å². The molecule has 33 heavy (non-hydrogen) atoms. The van der Waals surface area contributed by atoms with Gasteiger partial charge >= 0.3 is 6.03 Å². The van der Waals surface area contributed by atoms with Gasteiger partial charge < -0.3 is 4.57 Å². The van der Waals surface area contributed by atoms with Gasteiger partial charge in [0.1, 0.15) is 5.57 Å². The van der Waals surface area contributed by atoms with E-state index in [1.807, 2.05) is 45.9 Å². The van der Waals surface area contributed by atoms with Crippen LogP contribution in [0.4, 0.5) is 10.5 Å². The van der Waals surface area contributed by atoms with Gasteiger partial charge in [0.25, 0.3) is 11.8 Å². The number of hydrogen-bond donors (Lipinski definition) is 1. The summed E-state index contributed by atoms with van der Waals surface area (Å²) in [5.41, 5.74) is 7.01. The van der Waals surface area contributed by atoms with Crippen LogP contribution in [0.5, 0.6) is 0 Å². The second-order valence-corrected chi connectivity index (χ2v) is 9.56. The zero-order valence-electron chi connectivity index (χ0n) is 19.1. The van der Waals surface area contributed by atoms with Crippen molar-refractivity contribution in [2.24, 2.45) is 0 Å². The van der Waals surface area contributed by atoms with Gasteiger partial charge in [-0.3, -0.25) is 14.9 Å². The van der Waals surface area contributed by atoms with Gasteiger partial charge in [-0.2, -0.15) is 0 Å². The number of barbiturate groups is 1. The Morgan fingerprint density at radius 2 is 1.52 bits per heavy atom. The molecular formula is C26H24IN3O3. The summed E-state index contributed by atoms with van der Waals surface area (Å²) in [4.78, 5) is 39.5. The molecule has 0 radical (unpaired) electrons. The number of aryl methyl sites for hydroxylation is 4. The molecule has 4 amide bonds. The quantitative estimate of drug-likeness (QED) is 0.272. The van der Waals surface area contributed by atoms with Crippen molar-refractivity contribution >= 4 is 52.2 Å². The van der Waals surface area contributed by atoms with E-state index in [4.69, 9.17) is 0 Å². The van der Waals surface area contributed by atoms with Crippen molar-refractivity contribution in [2.75, 3.05) is 4.90 Å². The standard InChI is InChI=1S/C26H24IN3O3/c1-14-8-15(2)10-21(9-14)30-25(32)22(24(31)28-26(30)33)13-19-12-17(4)29(18(19)5)20-6-7-23(27)16(3)11-20/h6-13H,1-5H3,(H,28,31,33)/b22-13-. The van der Waals surface area contributed by atoms with Gasteiger partial charge in [-0.05, 0) is 122 Å². The Labute approximate surface area is 206 Å². The molecule has 2 aromatic carbocycles. The second kappa shape index (κ2) is 8.62. The third kappa shape index (κ3) is 4.25. The lowest BCUT2D eigenvalue weighted by molar-refractivity contribution is -0.122. The van der Waals surface area contributed by atoms with Gasteiger partial charge in [0, 0.05) is 20.6 Å². The minimum atomic E-state index is -0.744. The lowest BCUT2D eigenvalue weighted by atomic mass is 10.1. The molecule has 0 spiro atoms. The van der Waals surface area contributed by atoms with Crippen LogP contribution >= 0.6 is 22.6 Å². The van der Waals surface area contributed by atoms with Crippen LogP contribution < -0.4 is 10.2 Å². The van der Waals surface area contributed by atoms with Gasteiger partial charge in [-0.25, -0.2) is 9.69 Å². The second-order valence-electron chi connectivity index (χ2n) is 8.40. The number of carbonyl (C=O) groups excluding carboxylic acids is 3. The van der Waals surface area contributed by atoms with Crippen LogP contribution in [-0.4, -0.2) is 22.4 Å². The van der Waals surface area contributed by atoms with Gasteiger partial charge in [-0.15, -0.1) is 0 Å². The third-order valence-corrected chi connectivity index (χ3v) is 6.95. The molecule has 2 heterocycles. The average molecular weight is 553 g/mol. The maximum absolute atomic E-state index is 13.3. The van der Waals surface area contributed by atoms with Gasteiger partial charge in [0.15, 0.2) is 0 Å². The lowest BCUT2D eigenvalue weighted by Crippen LogP contribution is -2.54. The highest BCUT2D eigenvalue weighted by atomic mass is 127. The average Bonchev–Trinajstić information content (AvgIpc) is 2.99. The number of nitrogens with zero attached hydrogens (tertiary/aromatic N) is 2. The zero-order valence-corrected chi connectivity index (χ0v) is 21.3. The summed E-state index contributed by atoms with van der Waals surface area (Å²) < 4.78 is 3.27. The highest BCUT2D eigenvalue weighted by molar-refractivity contribution is 14.1. The van der Waals surface area contributed by atoms with Crippen LogP contribution in [0.1, 0.15) is 33.6 Å². The Morgan fingerprint density at radius 3 is 2.15 bits per heavy atom. The number of hydrogen-bond acceptors (Lipinski definition) is 3. The smallest absolute Gasteiger partial charge is 0.318 e. The maximum atomic E-state index is 13.3. The highest BCUT2D eigenvalue weighted by Crippen LogP contribution is 2.28. The Morgan fingerprint density at radius 1 is 0.848 bits per heavy atom. The van der Waals surface area contributed by atoms with Crippen LogP contribution in [0.3, 0.4) is 0 Å². The number of anilines is 1. The molecule has 1 aliphatic heterocycles. The summed E-state index contributed by atoms with van der Waals surface area (Å²) in [5, 5.41) is 2.31. The number of benzene rings is 2. The molecule has 3 aromatic rings. The SMILES string of the molecule is Cc1cc(C)cc(N2C(=O)NC(=O)/C(=C/c3cc(C)n(-c4ccc(I)c(C)c4)c3C)C2=O)c1. The predicted octanol–water partition coefficient (Wildman–Crippen LogP) is 5.29. The van der Waals surface area contributed by atoms with Crippen molar-refractivity contribution in [2.45, 2.75) is 34.6 Å². The van der Waals surface area contributed by atoms with Crippen molar-refractivity contribution < 1.29 is 14.4 Å². The molecule has 0 bridgehead atoms. The number of urea groups is 1. The van der Waals surface area contributed by atoms with Crippen molar-refractivity contribution in [3.8, 4) is 5.69 Å². The van der Waals surface area contributed by atoms with Gasteiger partial charge in [0.05, 0.1) is 5.69 Å². The van der Waals surface area contributed by atoms with Crippen LogP contribution in [0.25, 0.3) is 11.8 Å². The molecule has 7 heteroatoms. The number of aromatic nitrogens is 1. The van der Waals surface area contributed by atoms with Crippen molar-refractivity contribution in [3.05, 3.63) is 85.2 Å². The summed E-state index contributed by atoms with van der Waals surface area (Å²) in [6.07, 6.45) is 1.57. The maximum Gasteiger partial charge on any atom is 0.335 e. The summed E-state index contributed by atoms with van der Waals surface area (Å²) in [7, 11) is 0. The van der Waals surface area contributed by atoms with Crippen LogP contribution in [0.15, 0.2) is 48.0 Å². The first-order valence-electron chi connectivity index (χ1n) is 10.5. The lowest BCUT2D eigenvalue weighted by Gasteiger charge is -2.27. The molecule has 1 saturated heterocycles. The summed E-state index contributed by atoms with van der Waals surface area (Å²) in [5.74, 6) is -1.33. The molecule has 6 nitrogen and oxygen atoms in total. The van der Waals surface area contributed by atoms with Crippen LogP contribution in [0, 0.1) is 38.2 Å². The van der Waals surface area contributed by atoms with E-state index in [-0.39, 0.29) is 5.57 Å². The fraction of sp³-hybridized carbons (Fsp3) is 0.192. The predicted molar refractivity (Wildman–Crippen MR) is 138 cm³/mol. The summed E-state index contributed by atoms with van der Waals surface area (Å²) >= 11 is 2.30. The monoisotopic (exact) mass is 553 g/mol. The highest BCUT2D eigenvalue weighted by Gasteiger charge is 2.37. The first-order chi connectivity index (χ1) is 15.6. The Balaban J connectivity index is 1.78. The number of carbonyl (C=O) groups is 3. The van der Waals surface area contributed by atoms with Crippen molar-refractivity contribution in [3.63, 3.8) is 0 Å². The largest absolute Gasteiger partial charge is 0.335 e. The van der Waals surface area contributed by atoms with E-state index in [0.717, 1.165) is 38.7 Å². The van der Waals surface area contributed by atoms with Crippen molar-refractivity contribution in [1.82, 2.24) is 9.88 Å². The van der Waals surface area contributed by atoms with E-state index in [1.54, 1.807) is 18.2 Å². The fourth-order valence-electron chi connectivity index (χ4n) is 4.23. The van der Waals surface area contributed by atoms with Crippen molar-refractivity contribution in [1.29, 1.82) is 0 Å². The molecule has 1 aliphatic rings. The molecule has 0 unspecified atom stereocenters. The molecule has 4 rings (SSSR count). The molecular weight excluding hydrogens is 529 g/mol. The zero-order chi connectivity index (χ0) is 24.0. The minimum Gasteiger partial charge on any atom is -0.318 e. The normalized spacial score (nSPS) is 15.4. The first kappa shape index (κ1) is 23.0. The Hall–Kier alpha value is -3.20. The first-order valence-corrected chi connectivity index (χ1v) is 11.6. The van der Waals surface area contributed by atoms with E-state index >= 15 is 0 Å². The molecule has 0 aliphatic carbocycles. The van der Waals surface area contributed by atoms with E-state index < -0.39 is 17.8 Å². The number of halogens is 1. The summed E-state index contributed by atoms with van der Waals surface area (Å²) in [6, 6.07) is 12.9.